The van der Waals surface area contributed by atoms with Crippen molar-refractivity contribution in [1.29, 1.82) is 0 Å². The maximum atomic E-state index is 12.9. The maximum Gasteiger partial charge on any atom is 0.308 e. The van der Waals surface area contributed by atoms with E-state index in [0.29, 0.717) is 17.7 Å². The SMILES string of the molecule is COc1ccc(C)cc1C(=O)N1C2CCC1C(C(=O)O)C2. The first-order valence-corrected chi connectivity index (χ1v) is 7.23. The number of nitrogens with zero attached hydrogens (tertiary/aromatic N) is 1. The lowest BCUT2D eigenvalue weighted by atomic mass is 9.89. The Hall–Kier alpha value is -2.04. The summed E-state index contributed by atoms with van der Waals surface area (Å²) in [5, 5.41) is 9.29. The monoisotopic (exact) mass is 289 g/mol. The second-order valence-electron chi connectivity index (χ2n) is 5.90. The van der Waals surface area contributed by atoms with Gasteiger partial charge in [0.1, 0.15) is 5.75 Å². The Labute approximate surface area is 123 Å². The normalized spacial score (nSPS) is 27.0. The molecule has 2 aliphatic heterocycles. The van der Waals surface area contributed by atoms with Crippen LogP contribution in [0.25, 0.3) is 0 Å². The van der Waals surface area contributed by atoms with Crippen LogP contribution < -0.4 is 4.74 Å². The van der Waals surface area contributed by atoms with Gasteiger partial charge in [0, 0.05) is 12.1 Å². The average molecular weight is 289 g/mol. The highest BCUT2D eigenvalue weighted by molar-refractivity contribution is 5.98. The fourth-order valence-electron chi connectivity index (χ4n) is 3.70. The van der Waals surface area contributed by atoms with Crippen LogP contribution in [0, 0.1) is 12.8 Å². The van der Waals surface area contributed by atoms with E-state index in [1.165, 1.54) is 0 Å². The molecular formula is C16H19NO4. The van der Waals surface area contributed by atoms with Crippen molar-refractivity contribution in [3.05, 3.63) is 29.3 Å². The zero-order valence-electron chi connectivity index (χ0n) is 12.2. The summed E-state index contributed by atoms with van der Waals surface area (Å²) in [5.41, 5.74) is 1.51. The molecule has 2 bridgehead atoms. The molecule has 5 nitrogen and oxygen atoms in total. The Morgan fingerprint density at radius 2 is 2.10 bits per heavy atom. The second kappa shape index (κ2) is 5.06. The number of benzene rings is 1. The molecule has 1 aromatic rings. The number of methoxy groups -OCH3 is 1. The zero-order chi connectivity index (χ0) is 15.1. The van der Waals surface area contributed by atoms with Crippen molar-refractivity contribution in [3.8, 4) is 5.75 Å². The molecule has 0 radical (unpaired) electrons. The minimum Gasteiger partial charge on any atom is -0.496 e. The number of carbonyl (C=O) groups is 2. The highest BCUT2D eigenvalue weighted by Crippen LogP contribution is 2.43. The van der Waals surface area contributed by atoms with Crippen molar-refractivity contribution in [2.45, 2.75) is 38.3 Å². The molecular weight excluding hydrogens is 270 g/mol. The Morgan fingerprint density at radius 3 is 2.71 bits per heavy atom. The molecule has 3 unspecified atom stereocenters. The maximum absolute atomic E-state index is 12.9. The molecule has 1 N–H and O–H groups in total. The van der Waals surface area contributed by atoms with E-state index in [4.69, 9.17) is 4.74 Å². The molecule has 1 amide bonds. The Kier molecular flexibility index (Phi) is 3.35. The van der Waals surface area contributed by atoms with Crippen molar-refractivity contribution in [1.82, 2.24) is 4.90 Å². The molecule has 0 aromatic heterocycles. The van der Waals surface area contributed by atoms with Crippen molar-refractivity contribution in [2.75, 3.05) is 7.11 Å². The van der Waals surface area contributed by atoms with Crippen molar-refractivity contribution in [3.63, 3.8) is 0 Å². The van der Waals surface area contributed by atoms with Crippen molar-refractivity contribution >= 4 is 11.9 Å². The molecule has 3 rings (SSSR count). The lowest BCUT2D eigenvalue weighted by Gasteiger charge is -2.24. The van der Waals surface area contributed by atoms with E-state index in [1.807, 2.05) is 19.1 Å². The first-order valence-electron chi connectivity index (χ1n) is 7.23. The third kappa shape index (κ3) is 2.17. The standard InChI is InChI=1S/C16H19NO4/c1-9-3-6-14(21-2)12(7-9)15(18)17-10-4-5-13(17)11(8-10)16(19)20/h3,6-7,10-11,13H,4-5,8H2,1-2H3,(H,19,20). The van der Waals surface area contributed by atoms with Gasteiger partial charge in [-0.1, -0.05) is 11.6 Å². The molecule has 2 heterocycles. The first kappa shape index (κ1) is 13.9. The van der Waals surface area contributed by atoms with E-state index in [-0.39, 0.29) is 18.0 Å². The van der Waals surface area contributed by atoms with Crippen LogP contribution in [-0.4, -0.2) is 41.1 Å². The summed E-state index contributed by atoms with van der Waals surface area (Å²) in [5.74, 6) is -0.782. The van der Waals surface area contributed by atoms with Gasteiger partial charge in [-0.3, -0.25) is 9.59 Å². The van der Waals surface area contributed by atoms with E-state index in [9.17, 15) is 14.7 Å². The molecule has 2 saturated heterocycles. The van der Waals surface area contributed by atoms with E-state index < -0.39 is 11.9 Å². The number of rotatable bonds is 3. The fourth-order valence-corrected chi connectivity index (χ4v) is 3.70. The number of hydrogen-bond donors (Lipinski definition) is 1. The molecule has 112 valence electrons. The highest BCUT2D eigenvalue weighted by atomic mass is 16.5. The third-order valence-corrected chi connectivity index (χ3v) is 4.67. The van der Waals surface area contributed by atoms with Crippen LogP contribution in [-0.2, 0) is 4.79 Å². The van der Waals surface area contributed by atoms with Gasteiger partial charge < -0.3 is 14.7 Å². The Balaban J connectivity index is 1.93. The fraction of sp³-hybridized carbons (Fsp3) is 0.500. The molecule has 2 fully saturated rings. The number of ether oxygens (including phenoxy) is 1. The van der Waals surface area contributed by atoms with E-state index in [1.54, 1.807) is 18.1 Å². The van der Waals surface area contributed by atoms with Crippen LogP contribution in [0.2, 0.25) is 0 Å². The lowest BCUT2D eigenvalue weighted by Crippen LogP contribution is -2.38. The quantitative estimate of drug-likeness (QED) is 0.925. The van der Waals surface area contributed by atoms with Crippen LogP contribution in [0.3, 0.4) is 0 Å². The predicted octanol–water partition coefficient (Wildman–Crippen LogP) is 2.08. The summed E-state index contributed by atoms with van der Waals surface area (Å²) in [6.07, 6.45) is 2.25. The summed E-state index contributed by atoms with van der Waals surface area (Å²) in [7, 11) is 1.54. The van der Waals surface area contributed by atoms with Crippen LogP contribution in [0.1, 0.15) is 35.2 Å². The molecule has 1 aromatic carbocycles. The van der Waals surface area contributed by atoms with Gasteiger partial charge in [0.15, 0.2) is 0 Å². The Morgan fingerprint density at radius 1 is 1.33 bits per heavy atom. The minimum atomic E-state index is -0.795. The number of hydrogen-bond acceptors (Lipinski definition) is 3. The van der Waals surface area contributed by atoms with Crippen molar-refractivity contribution in [2.24, 2.45) is 5.92 Å². The predicted molar refractivity (Wildman–Crippen MR) is 76.5 cm³/mol. The molecule has 2 aliphatic rings. The number of carbonyl (C=O) groups excluding carboxylic acids is 1. The highest BCUT2D eigenvalue weighted by Gasteiger charge is 2.51. The van der Waals surface area contributed by atoms with Gasteiger partial charge in [0.25, 0.3) is 5.91 Å². The van der Waals surface area contributed by atoms with Crippen LogP contribution >= 0.6 is 0 Å². The third-order valence-electron chi connectivity index (χ3n) is 4.67. The van der Waals surface area contributed by atoms with E-state index in [0.717, 1.165) is 18.4 Å². The number of amides is 1. The summed E-state index contributed by atoms with van der Waals surface area (Å²) < 4.78 is 5.28. The van der Waals surface area contributed by atoms with Gasteiger partial charge in [-0.25, -0.2) is 0 Å². The number of aryl methyl sites for hydroxylation is 1. The largest absolute Gasteiger partial charge is 0.496 e. The Bertz CT molecular complexity index is 598. The number of carboxylic acid groups (broad SMARTS) is 1. The van der Waals surface area contributed by atoms with Crippen LogP contribution in [0.4, 0.5) is 0 Å². The van der Waals surface area contributed by atoms with Gasteiger partial charge in [-0.15, -0.1) is 0 Å². The van der Waals surface area contributed by atoms with E-state index >= 15 is 0 Å². The zero-order valence-corrected chi connectivity index (χ0v) is 12.2. The summed E-state index contributed by atoms with van der Waals surface area (Å²) in [6.45, 7) is 1.93. The van der Waals surface area contributed by atoms with Crippen molar-refractivity contribution < 1.29 is 19.4 Å². The summed E-state index contributed by atoms with van der Waals surface area (Å²) in [6, 6.07) is 5.37. The first-order chi connectivity index (χ1) is 10.0. The number of carboxylic acids is 1. The topological polar surface area (TPSA) is 66.8 Å². The number of aliphatic carboxylic acids is 1. The number of fused-ring (bicyclic) bond motifs is 2. The van der Waals surface area contributed by atoms with Crippen LogP contribution in [0.15, 0.2) is 18.2 Å². The smallest absolute Gasteiger partial charge is 0.308 e. The second-order valence-corrected chi connectivity index (χ2v) is 5.90. The average Bonchev–Trinajstić information content (AvgIpc) is 3.04. The van der Waals surface area contributed by atoms with Gasteiger partial charge in [-0.05, 0) is 38.3 Å². The molecule has 0 saturated carbocycles. The summed E-state index contributed by atoms with van der Waals surface area (Å²) in [4.78, 5) is 25.9. The molecule has 5 heteroatoms. The minimum absolute atomic E-state index is 0.0498. The van der Waals surface area contributed by atoms with Crippen LogP contribution in [0.5, 0.6) is 5.75 Å². The molecule has 0 spiro atoms. The lowest BCUT2D eigenvalue weighted by molar-refractivity contribution is -0.142. The van der Waals surface area contributed by atoms with E-state index in [2.05, 4.69) is 0 Å². The molecule has 21 heavy (non-hydrogen) atoms. The van der Waals surface area contributed by atoms with Gasteiger partial charge in [-0.2, -0.15) is 0 Å². The summed E-state index contributed by atoms with van der Waals surface area (Å²) >= 11 is 0. The molecule has 0 aliphatic carbocycles. The van der Waals surface area contributed by atoms with Gasteiger partial charge in [0.05, 0.1) is 18.6 Å². The molecule has 3 atom stereocenters. The van der Waals surface area contributed by atoms with Gasteiger partial charge >= 0.3 is 5.97 Å². The van der Waals surface area contributed by atoms with Gasteiger partial charge in [0.2, 0.25) is 0 Å².